The molecule has 0 fully saturated rings. The van der Waals surface area contributed by atoms with Crippen LogP contribution in [0.2, 0.25) is 10.0 Å². The molecule has 1 aliphatic rings. The average molecular weight is 444 g/mol. The molecule has 1 heterocycles. The first-order valence-electron chi connectivity index (χ1n) is 7.95. The third-order valence-corrected chi connectivity index (χ3v) is 6.05. The molecule has 6 nitrogen and oxygen atoms in total. The number of benzene rings is 2. The molecular formula is C17H10B3Cl2NO5S. The Morgan fingerprint density at radius 1 is 1.07 bits per heavy atom. The van der Waals surface area contributed by atoms with Crippen molar-refractivity contribution in [2.75, 3.05) is 0 Å². The predicted molar refractivity (Wildman–Crippen MR) is 111 cm³/mol. The van der Waals surface area contributed by atoms with E-state index >= 15 is 0 Å². The van der Waals surface area contributed by atoms with E-state index in [0.29, 0.717) is 0 Å². The summed E-state index contributed by atoms with van der Waals surface area (Å²) in [5.41, 5.74) is 3.52. The van der Waals surface area contributed by atoms with Crippen LogP contribution in [0.1, 0.15) is 11.1 Å². The Labute approximate surface area is 181 Å². The second kappa shape index (κ2) is 7.34. The molecule has 29 heavy (non-hydrogen) atoms. The van der Waals surface area contributed by atoms with Crippen LogP contribution in [0.4, 0.5) is 0 Å². The van der Waals surface area contributed by atoms with Crippen LogP contribution in [-0.4, -0.2) is 37.7 Å². The van der Waals surface area contributed by atoms with E-state index in [1.807, 2.05) is 0 Å². The summed E-state index contributed by atoms with van der Waals surface area (Å²) in [7, 11) is 12.8. The van der Waals surface area contributed by atoms with Crippen molar-refractivity contribution in [3.05, 3.63) is 81.3 Å². The average Bonchev–Trinajstić information content (AvgIpc) is 2.85. The van der Waals surface area contributed by atoms with Crippen LogP contribution in [0.5, 0.6) is 0 Å². The molecule has 1 aliphatic heterocycles. The van der Waals surface area contributed by atoms with Gasteiger partial charge in [0.15, 0.2) is 5.50 Å². The SMILES string of the molecule is [B]C([B])(c1ccccc1)S(=O)(=O)OC1=C(N)O[C@@]([B])(c2cc(Cl)cc(Cl)c2)C1=O. The molecule has 0 spiro atoms. The van der Waals surface area contributed by atoms with Crippen LogP contribution < -0.4 is 5.73 Å². The van der Waals surface area contributed by atoms with Gasteiger partial charge in [0.2, 0.25) is 17.4 Å². The third-order valence-electron chi connectivity index (χ3n) is 4.16. The maximum atomic E-state index is 12.9. The molecule has 1 atom stereocenters. The molecule has 6 radical (unpaired) electrons. The standard InChI is InChI=1S/C17H10B3Cl2NO5S/c18-16(10-6-11(21)8-12(22)7-10)14(24)13(15(23)27-16)28-29(25,26)17(19,20)9-4-2-1-3-5-9/h1-8H,23H2/t16-/m0/s1. The summed E-state index contributed by atoms with van der Waals surface area (Å²) in [6.45, 7) is 0. The highest BCUT2D eigenvalue weighted by Gasteiger charge is 2.50. The number of halogens is 2. The van der Waals surface area contributed by atoms with Gasteiger partial charge in [-0.15, -0.1) is 0 Å². The van der Waals surface area contributed by atoms with Gasteiger partial charge in [-0.1, -0.05) is 53.5 Å². The largest absolute Gasteiger partial charge is 0.467 e. The lowest BCUT2D eigenvalue weighted by atomic mass is 9.65. The fourth-order valence-electron chi connectivity index (χ4n) is 2.61. The first-order valence-corrected chi connectivity index (χ1v) is 10.1. The number of carbonyl (C=O) groups excluding carboxylic acids is 1. The topological polar surface area (TPSA) is 95.7 Å². The molecule has 0 amide bonds. The van der Waals surface area contributed by atoms with Gasteiger partial charge in [-0.3, -0.25) is 4.79 Å². The lowest BCUT2D eigenvalue weighted by Gasteiger charge is -2.26. The van der Waals surface area contributed by atoms with Crippen molar-refractivity contribution in [1.29, 1.82) is 0 Å². The Morgan fingerprint density at radius 3 is 2.17 bits per heavy atom. The first-order chi connectivity index (χ1) is 13.4. The highest BCUT2D eigenvalue weighted by atomic mass is 35.5. The summed E-state index contributed by atoms with van der Waals surface area (Å²) in [5, 5.41) is 0.336. The van der Waals surface area contributed by atoms with Crippen LogP contribution >= 0.6 is 23.2 Å². The van der Waals surface area contributed by atoms with Gasteiger partial charge >= 0.3 is 10.1 Å². The normalized spacial score (nSPS) is 19.9. The molecule has 2 N–H and O–H groups in total. The van der Waals surface area contributed by atoms with Gasteiger partial charge in [0, 0.05) is 10.0 Å². The minimum atomic E-state index is -4.80. The van der Waals surface area contributed by atoms with E-state index in [-0.39, 0.29) is 21.2 Å². The van der Waals surface area contributed by atoms with E-state index in [2.05, 4.69) is 0 Å². The number of ketones is 1. The molecule has 0 unspecified atom stereocenters. The van der Waals surface area contributed by atoms with Gasteiger partial charge in [0.1, 0.15) is 7.85 Å². The fourth-order valence-corrected chi connectivity index (χ4v) is 4.07. The smallest absolute Gasteiger partial charge is 0.302 e. The van der Waals surface area contributed by atoms with Gasteiger partial charge in [0.25, 0.3) is 0 Å². The second-order valence-corrected chi connectivity index (χ2v) is 8.84. The number of ether oxygens (including phenoxy) is 1. The van der Waals surface area contributed by atoms with Crippen molar-refractivity contribution in [3.8, 4) is 0 Å². The van der Waals surface area contributed by atoms with Gasteiger partial charge in [-0.05, 0) is 29.3 Å². The second-order valence-electron chi connectivity index (χ2n) is 6.21. The van der Waals surface area contributed by atoms with Crippen molar-refractivity contribution >= 4 is 62.6 Å². The molecule has 12 heteroatoms. The summed E-state index contributed by atoms with van der Waals surface area (Å²) in [4.78, 5) is 12.9. The van der Waals surface area contributed by atoms with Gasteiger partial charge in [-0.25, -0.2) is 0 Å². The highest BCUT2D eigenvalue weighted by Crippen LogP contribution is 2.39. The molecule has 0 bridgehead atoms. The molecule has 0 saturated heterocycles. The summed E-state index contributed by atoms with van der Waals surface area (Å²) < 4.78 is 33.0. The number of carbonyl (C=O) groups is 1. The summed E-state index contributed by atoms with van der Waals surface area (Å²) >= 11 is 11.9. The van der Waals surface area contributed by atoms with Crippen molar-refractivity contribution < 1.29 is 22.1 Å². The number of hydrogen-bond acceptors (Lipinski definition) is 6. The molecule has 0 aromatic heterocycles. The van der Waals surface area contributed by atoms with Gasteiger partial charge < -0.3 is 14.7 Å². The Kier molecular flexibility index (Phi) is 5.49. The summed E-state index contributed by atoms with van der Waals surface area (Å²) in [5.74, 6) is -2.61. The number of nitrogens with two attached hydrogens (primary N) is 1. The predicted octanol–water partition coefficient (Wildman–Crippen LogP) is 1.54. The van der Waals surface area contributed by atoms with Crippen molar-refractivity contribution in [3.63, 3.8) is 0 Å². The number of rotatable bonds is 5. The third kappa shape index (κ3) is 3.76. The lowest BCUT2D eigenvalue weighted by Crippen LogP contribution is -2.40. The quantitative estimate of drug-likeness (QED) is 0.556. The minimum Gasteiger partial charge on any atom is -0.467 e. The van der Waals surface area contributed by atoms with E-state index in [0.717, 1.165) is 0 Å². The number of Topliss-reactive ketones (excluding diaryl/α,β-unsaturated/α-hetero) is 1. The zero-order valence-electron chi connectivity index (χ0n) is 14.6. The Hall–Kier alpha value is -2.03. The van der Waals surface area contributed by atoms with Crippen LogP contribution in [0.25, 0.3) is 0 Å². The van der Waals surface area contributed by atoms with Crippen LogP contribution in [0, 0.1) is 0 Å². The van der Waals surface area contributed by atoms with E-state index in [1.165, 1.54) is 42.5 Å². The molecule has 0 saturated carbocycles. The molecule has 2 aromatic carbocycles. The summed E-state index contributed by atoms with van der Waals surface area (Å²) in [6, 6.07) is 11.5. The van der Waals surface area contributed by atoms with E-state index in [4.69, 9.17) is 61.4 Å². The molecule has 0 aliphatic carbocycles. The zero-order chi connectivity index (χ0) is 21.6. The van der Waals surface area contributed by atoms with Crippen LogP contribution in [0.15, 0.2) is 60.2 Å². The van der Waals surface area contributed by atoms with Crippen LogP contribution in [-0.2, 0) is 33.9 Å². The summed E-state index contributed by atoms with van der Waals surface area (Å²) in [6.07, 6.45) is 0. The van der Waals surface area contributed by atoms with E-state index < -0.39 is 37.6 Å². The Morgan fingerprint density at radius 2 is 1.62 bits per heavy atom. The van der Waals surface area contributed by atoms with Crippen molar-refractivity contribution in [2.45, 2.75) is 10.0 Å². The molecule has 3 rings (SSSR count). The zero-order valence-corrected chi connectivity index (χ0v) is 17.0. The van der Waals surface area contributed by atoms with Crippen molar-refractivity contribution in [2.24, 2.45) is 5.73 Å². The van der Waals surface area contributed by atoms with Gasteiger partial charge in [-0.2, -0.15) is 8.42 Å². The fraction of sp³-hybridized carbons (Fsp3) is 0.118. The maximum Gasteiger partial charge on any atom is 0.302 e. The lowest BCUT2D eigenvalue weighted by molar-refractivity contribution is -0.126. The Balaban J connectivity index is 1.96. The van der Waals surface area contributed by atoms with E-state index in [9.17, 15) is 13.2 Å². The van der Waals surface area contributed by atoms with E-state index in [1.54, 1.807) is 6.07 Å². The molecule has 2 aromatic rings. The molecular weight excluding hydrogens is 434 g/mol. The monoisotopic (exact) mass is 443 g/mol. The highest BCUT2D eigenvalue weighted by molar-refractivity contribution is 7.90. The van der Waals surface area contributed by atoms with Crippen LogP contribution in [0.3, 0.4) is 0 Å². The first kappa shape index (κ1) is 21.7. The number of hydrogen-bond donors (Lipinski definition) is 1. The molecule has 142 valence electrons. The van der Waals surface area contributed by atoms with Gasteiger partial charge in [0.05, 0.1) is 20.2 Å². The maximum absolute atomic E-state index is 12.9. The minimum absolute atomic E-state index is 0.0196. The van der Waals surface area contributed by atoms with Crippen molar-refractivity contribution in [1.82, 2.24) is 0 Å². The Bertz CT molecular complexity index is 1100.